The summed E-state index contributed by atoms with van der Waals surface area (Å²) in [6.07, 6.45) is -4.57. The van der Waals surface area contributed by atoms with E-state index in [0.29, 0.717) is 5.69 Å². The summed E-state index contributed by atoms with van der Waals surface area (Å²) in [6, 6.07) is 15.9. The van der Waals surface area contributed by atoms with Crippen LogP contribution in [0.5, 0.6) is 0 Å². The maximum absolute atomic E-state index is 13.0. The topological polar surface area (TPSA) is 42.0 Å². The largest absolute Gasteiger partial charge is 0.416 e. The van der Waals surface area contributed by atoms with Gasteiger partial charge in [0.15, 0.2) is 0 Å². The lowest BCUT2D eigenvalue weighted by atomic mass is 10.1. The molecule has 152 valence electrons. The van der Waals surface area contributed by atoms with Crippen LogP contribution in [-0.4, -0.2) is 10.9 Å². The van der Waals surface area contributed by atoms with E-state index in [-0.39, 0.29) is 10.6 Å². The number of carbonyl (C=O) groups is 1. The Labute approximate surface area is 179 Å². The van der Waals surface area contributed by atoms with Crippen molar-refractivity contribution in [1.82, 2.24) is 4.98 Å². The number of anilines is 1. The van der Waals surface area contributed by atoms with E-state index < -0.39 is 17.6 Å². The molecule has 3 nitrogen and oxygen atoms in total. The number of alkyl halides is 3. The summed E-state index contributed by atoms with van der Waals surface area (Å²) in [6.45, 7) is 1.80. The molecule has 4 aromatic rings. The third kappa shape index (κ3) is 4.04. The molecule has 0 saturated carbocycles. The number of fused-ring (bicyclic) bond motifs is 1. The van der Waals surface area contributed by atoms with E-state index in [1.54, 1.807) is 13.0 Å². The lowest BCUT2D eigenvalue weighted by Crippen LogP contribution is -2.15. The van der Waals surface area contributed by atoms with Crippen molar-refractivity contribution in [3.8, 4) is 10.6 Å². The van der Waals surface area contributed by atoms with Crippen LogP contribution in [0.15, 0.2) is 60.7 Å². The van der Waals surface area contributed by atoms with Crippen LogP contribution in [0.3, 0.4) is 0 Å². The molecule has 0 unspecified atom stereocenters. The zero-order valence-electron chi connectivity index (χ0n) is 15.5. The van der Waals surface area contributed by atoms with Crippen LogP contribution in [0.1, 0.15) is 21.5 Å². The number of nitrogens with one attached hydrogen (secondary N) is 1. The number of aryl methyl sites for hydroxylation is 1. The molecule has 0 aliphatic carbocycles. The van der Waals surface area contributed by atoms with Crippen molar-refractivity contribution >= 4 is 44.7 Å². The molecule has 0 fully saturated rings. The third-order valence-electron chi connectivity index (χ3n) is 4.56. The molecule has 3 aromatic carbocycles. The molecule has 1 heterocycles. The van der Waals surface area contributed by atoms with Crippen molar-refractivity contribution in [3.63, 3.8) is 0 Å². The fourth-order valence-electron chi connectivity index (χ4n) is 2.95. The first-order chi connectivity index (χ1) is 14.2. The number of nitrogens with zero attached hydrogens (tertiary/aromatic N) is 1. The highest BCUT2D eigenvalue weighted by atomic mass is 35.5. The summed E-state index contributed by atoms with van der Waals surface area (Å²) in [5.74, 6) is -0.712. The summed E-state index contributed by atoms with van der Waals surface area (Å²) < 4.78 is 40.0. The highest BCUT2D eigenvalue weighted by Crippen LogP contribution is 2.34. The maximum atomic E-state index is 13.0. The van der Waals surface area contributed by atoms with Crippen molar-refractivity contribution < 1.29 is 18.0 Å². The molecule has 0 bridgehead atoms. The second kappa shape index (κ2) is 7.74. The zero-order chi connectivity index (χ0) is 21.5. The van der Waals surface area contributed by atoms with Gasteiger partial charge in [-0.15, -0.1) is 11.3 Å². The predicted molar refractivity (Wildman–Crippen MR) is 114 cm³/mol. The number of rotatable bonds is 3. The molecule has 1 aromatic heterocycles. The van der Waals surface area contributed by atoms with E-state index in [0.717, 1.165) is 44.6 Å². The smallest absolute Gasteiger partial charge is 0.322 e. The van der Waals surface area contributed by atoms with E-state index in [2.05, 4.69) is 10.3 Å². The second-order valence-corrected chi connectivity index (χ2v) is 8.10. The van der Waals surface area contributed by atoms with Gasteiger partial charge < -0.3 is 5.32 Å². The van der Waals surface area contributed by atoms with E-state index in [1.165, 1.54) is 11.3 Å². The molecule has 0 aliphatic rings. The summed E-state index contributed by atoms with van der Waals surface area (Å²) in [5.41, 5.74) is 1.74. The van der Waals surface area contributed by atoms with Crippen molar-refractivity contribution in [1.29, 1.82) is 0 Å². The van der Waals surface area contributed by atoms with E-state index >= 15 is 0 Å². The summed E-state index contributed by atoms with van der Waals surface area (Å²) in [4.78, 5) is 17.3. The van der Waals surface area contributed by atoms with Gasteiger partial charge in [-0.2, -0.15) is 13.2 Å². The fraction of sp³-hybridized carbons (Fsp3) is 0.0909. The molecule has 1 amide bonds. The average Bonchev–Trinajstić information content (AvgIpc) is 3.13. The van der Waals surface area contributed by atoms with Crippen LogP contribution in [0.25, 0.3) is 20.8 Å². The lowest BCUT2D eigenvalue weighted by Gasteiger charge is -2.13. The molecule has 1 N–H and O–H groups in total. The summed E-state index contributed by atoms with van der Waals surface area (Å²) >= 11 is 7.50. The molecule has 30 heavy (non-hydrogen) atoms. The van der Waals surface area contributed by atoms with Crippen LogP contribution in [0.2, 0.25) is 5.02 Å². The van der Waals surface area contributed by atoms with E-state index in [4.69, 9.17) is 11.6 Å². The Balaban J connectivity index is 1.67. The van der Waals surface area contributed by atoms with Crippen LogP contribution < -0.4 is 5.32 Å². The van der Waals surface area contributed by atoms with Crippen LogP contribution in [0.4, 0.5) is 18.9 Å². The summed E-state index contributed by atoms with van der Waals surface area (Å²) in [7, 11) is 0. The normalized spacial score (nSPS) is 11.6. The molecule has 8 heteroatoms. The van der Waals surface area contributed by atoms with Crippen molar-refractivity contribution in [2.24, 2.45) is 0 Å². The second-order valence-electron chi connectivity index (χ2n) is 6.66. The first kappa shape index (κ1) is 20.4. The van der Waals surface area contributed by atoms with E-state index in [9.17, 15) is 18.0 Å². The zero-order valence-corrected chi connectivity index (χ0v) is 17.1. The maximum Gasteiger partial charge on any atom is 0.416 e. The lowest BCUT2D eigenvalue weighted by molar-refractivity contribution is -0.137. The van der Waals surface area contributed by atoms with Gasteiger partial charge in [0.1, 0.15) is 5.01 Å². The number of para-hydroxylation sites is 1. The van der Waals surface area contributed by atoms with Gasteiger partial charge >= 0.3 is 6.18 Å². The molecule has 0 atom stereocenters. The van der Waals surface area contributed by atoms with Gasteiger partial charge in [0.05, 0.1) is 26.4 Å². The first-order valence-corrected chi connectivity index (χ1v) is 10.1. The highest BCUT2D eigenvalue weighted by molar-refractivity contribution is 7.21. The van der Waals surface area contributed by atoms with Crippen LogP contribution >= 0.6 is 22.9 Å². The van der Waals surface area contributed by atoms with Gasteiger partial charge in [-0.05, 0) is 48.9 Å². The molecular weight excluding hydrogens is 433 g/mol. The van der Waals surface area contributed by atoms with Crippen molar-refractivity contribution in [2.45, 2.75) is 13.1 Å². The highest BCUT2D eigenvalue weighted by Gasteiger charge is 2.31. The SMILES string of the molecule is Cc1ccc(-c2nc3ccccc3s2)cc1NC(=O)c1cc(C(F)(F)F)ccc1Cl. The summed E-state index contributed by atoms with van der Waals surface area (Å²) in [5, 5.41) is 3.40. The van der Waals surface area contributed by atoms with Gasteiger partial charge in [0.2, 0.25) is 0 Å². The number of aromatic nitrogens is 1. The minimum absolute atomic E-state index is 0.0551. The fourth-order valence-corrected chi connectivity index (χ4v) is 4.12. The van der Waals surface area contributed by atoms with Crippen LogP contribution in [-0.2, 0) is 6.18 Å². The quantitative estimate of drug-likeness (QED) is 0.361. The molecule has 0 radical (unpaired) electrons. The number of hydrogen-bond donors (Lipinski definition) is 1. The number of halogens is 4. The molecule has 0 saturated heterocycles. The Morgan fingerprint density at radius 2 is 1.83 bits per heavy atom. The van der Waals surface area contributed by atoms with Crippen molar-refractivity contribution in [2.75, 3.05) is 5.32 Å². The van der Waals surface area contributed by atoms with Crippen LogP contribution in [0, 0.1) is 6.92 Å². The van der Waals surface area contributed by atoms with Gasteiger partial charge in [-0.25, -0.2) is 4.98 Å². The monoisotopic (exact) mass is 446 g/mol. The number of carbonyl (C=O) groups excluding carboxylic acids is 1. The average molecular weight is 447 g/mol. The number of amides is 1. The Hall–Kier alpha value is -2.90. The standard InChI is InChI=1S/C22H14ClF3N2OS/c1-12-6-7-13(21-28-17-4-2-3-5-19(17)30-21)10-18(12)27-20(29)15-11-14(22(24,25)26)8-9-16(15)23/h2-11H,1H3,(H,27,29). The number of benzene rings is 3. The number of hydrogen-bond acceptors (Lipinski definition) is 3. The van der Waals surface area contributed by atoms with Gasteiger partial charge in [0, 0.05) is 11.3 Å². The number of thiazole rings is 1. The third-order valence-corrected chi connectivity index (χ3v) is 5.98. The minimum Gasteiger partial charge on any atom is -0.322 e. The molecule has 0 aliphatic heterocycles. The Kier molecular flexibility index (Phi) is 5.26. The first-order valence-electron chi connectivity index (χ1n) is 8.87. The predicted octanol–water partition coefficient (Wildman–Crippen LogP) is 7.20. The van der Waals surface area contributed by atoms with Crippen molar-refractivity contribution in [3.05, 3.63) is 82.4 Å². The van der Waals surface area contributed by atoms with Gasteiger partial charge in [-0.1, -0.05) is 35.9 Å². The molecule has 4 rings (SSSR count). The molecule has 0 spiro atoms. The minimum atomic E-state index is -4.57. The van der Waals surface area contributed by atoms with Gasteiger partial charge in [0.25, 0.3) is 5.91 Å². The molecular formula is C22H14ClF3N2OS. The van der Waals surface area contributed by atoms with Gasteiger partial charge in [-0.3, -0.25) is 4.79 Å². The van der Waals surface area contributed by atoms with E-state index in [1.807, 2.05) is 36.4 Å². The Bertz CT molecular complexity index is 1230. The Morgan fingerprint density at radius 1 is 1.07 bits per heavy atom. The Morgan fingerprint density at radius 3 is 2.57 bits per heavy atom.